The standard InChI is InChI=1S/C20H22ClFN2O2/c1-26-19-9-8-17(11-18(19)21)23-20(25)15-3-2-10-24(13-15)12-14-4-6-16(22)7-5-14/h4-9,11,15H,2-3,10,12-13H2,1H3,(H,23,25)/t15-/m0/s1. The molecule has 1 fully saturated rings. The van der Waals surface area contributed by atoms with Crippen LogP contribution in [0.1, 0.15) is 18.4 Å². The minimum atomic E-state index is -0.234. The molecule has 0 saturated carbocycles. The van der Waals surface area contributed by atoms with Crippen molar-refractivity contribution in [1.82, 2.24) is 4.90 Å². The number of carbonyl (C=O) groups excluding carboxylic acids is 1. The summed E-state index contributed by atoms with van der Waals surface area (Å²) in [6.07, 6.45) is 1.82. The summed E-state index contributed by atoms with van der Waals surface area (Å²) in [4.78, 5) is 14.9. The average molecular weight is 377 g/mol. The van der Waals surface area contributed by atoms with Crippen molar-refractivity contribution in [3.8, 4) is 5.75 Å². The minimum absolute atomic E-state index is 0.00459. The highest BCUT2D eigenvalue weighted by atomic mass is 35.5. The third kappa shape index (κ3) is 4.74. The van der Waals surface area contributed by atoms with Crippen LogP contribution >= 0.6 is 11.6 Å². The van der Waals surface area contributed by atoms with E-state index in [0.29, 0.717) is 23.0 Å². The van der Waals surface area contributed by atoms with Gasteiger partial charge in [-0.15, -0.1) is 0 Å². The van der Waals surface area contributed by atoms with Crippen molar-refractivity contribution in [2.24, 2.45) is 5.92 Å². The van der Waals surface area contributed by atoms with Crippen molar-refractivity contribution in [3.05, 3.63) is 58.9 Å². The van der Waals surface area contributed by atoms with Gasteiger partial charge in [-0.05, 0) is 55.3 Å². The molecular formula is C20H22ClFN2O2. The zero-order valence-electron chi connectivity index (χ0n) is 14.7. The molecule has 2 aromatic rings. The average Bonchev–Trinajstić information content (AvgIpc) is 2.64. The highest BCUT2D eigenvalue weighted by Gasteiger charge is 2.26. The van der Waals surface area contributed by atoms with Crippen molar-refractivity contribution < 1.29 is 13.9 Å². The van der Waals surface area contributed by atoms with Gasteiger partial charge in [-0.1, -0.05) is 23.7 Å². The number of halogens is 2. The molecule has 0 aliphatic carbocycles. The van der Waals surface area contributed by atoms with Gasteiger partial charge in [0, 0.05) is 18.8 Å². The number of anilines is 1. The molecule has 1 amide bonds. The van der Waals surface area contributed by atoms with Crippen LogP contribution in [0.25, 0.3) is 0 Å². The van der Waals surface area contributed by atoms with E-state index in [1.54, 1.807) is 37.4 Å². The molecule has 4 nitrogen and oxygen atoms in total. The van der Waals surface area contributed by atoms with Crippen LogP contribution in [0.2, 0.25) is 5.02 Å². The van der Waals surface area contributed by atoms with E-state index in [1.165, 1.54) is 12.1 Å². The molecule has 0 unspecified atom stereocenters. The molecule has 1 heterocycles. The summed E-state index contributed by atoms with van der Waals surface area (Å²) in [7, 11) is 1.55. The van der Waals surface area contributed by atoms with E-state index in [2.05, 4.69) is 10.2 Å². The molecule has 3 rings (SSSR count). The SMILES string of the molecule is COc1ccc(NC(=O)[C@H]2CCCN(Cc3ccc(F)cc3)C2)cc1Cl. The fourth-order valence-electron chi connectivity index (χ4n) is 3.25. The maximum absolute atomic E-state index is 13.0. The van der Waals surface area contributed by atoms with Gasteiger partial charge in [-0.3, -0.25) is 9.69 Å². The number of piperidine rings is 1. The Hall–Kier alpha value is -2.11. The maximum atomic E-state index is 13.0. The Bertz CT molecular complexity index is 767. The molecule has 0 aromatic heterocycles. The van der Waals surface area contributed by atoms with E-state index in [4.69, 9.17) is 16.3 Å². The molecular weight excluding hydrogens is 355 g/mol. The predicted octanol–water partition coefficient (Wildman–Crippen LogP) is 4.34. The van der Waals surface area contributed by atoms with E-state index < -0.39 is 0 Å². The lowest BCUT2D eigenvalue weighted by Crippen LogP contribution is -2.40. The van der Waals surface area contributed by atoms with Crippen molar-refractivity contribution in [2.45, 2.75) is 19.4 Å². The maximum Gasteiger partial charge on any atom is 0.228 e. The van der Waals surface area contributed by atoms with Gasteiger partial charge in [0.05, 0.1) is 18.1 Å². The zero-order valence-corrected chi connectivity index (χ0v) is 15.4. The van der Waals surface area contributed by atoms with Gasteiger partial charge in [0.1, 0.15) is 11.6 Å². The monoisotopic (exact) mass is 376 g/mol. The fraction of sp³-hybridized carbons (Fsp3) is 0.350. The lowest BCUT2D eigenvalue weighted by molar-refractivity contribution is -0.121. The molecule has 0 radical (unpaired) electrons. The summed E-state index contributed by atoms with van der Waals surface area (Å²) < 4.78 is 18.2. The van der Waals surface area contributed by atoms with E-state index in [-0.39, 0.29) is 17.6 Å². The first-order valence-electron chi connectivity index (χ1n) is 8.66. The van der Waals surface area contributed by atoms with Gasteiger partial charge < -0.3 is 10.1 Å². The van der Waals surface area contributed by atoms with E-state index in [9.17, 15) is 9.18 Å². The molecule has 1 aliphatic rings. The summed E-state index contributed by atoms with van der Waals surface area (Å²) in [6.45, 7) is 2.35. The van der Waals surface area contributed by atoms with Crippen LogP contribution in [-0.4, -0.2) is 31.0 Å². The van der Waals surface area contributed by atoms with Crippen molar-refractivity contribution in [1.29, 1.82) is 0 Å². The third-order valence-corrected chi connectivity index (χ3v) is 4.91. The van der Waals surface area contributed by atoms with Crippen LogP contribution in [0.15, 0.2) is 42.5 Å². The lowest BCUT2D eigenvalue weighted by atomic mass is 9.96. The summed E-state index contributed by atoms with van der Waals surface area (Å²) in [5.74, 6) is 0.260. The number of benzene rings is 2. The van der Waals surface area contributed by atoms with Crippen LogP contribution in [0.5, 0.6) is 5.75 Å². The van der Waals surface area contributed by atoms with Crippen LogP contribution in [-0.2, 0) is 11.3 Å². The fourth-order valence-corrected chi connectivity index (χ4v) is 3.51. The number of methoxy groups -OCH3 is 1. The molecule has 0 spiro atoms. The van der Waals surface area contributed by atoms with Crippen LogP contribution in [0, 0.1) is 11.7 Å². The van der Waals surface area contributed by atoms with Gasteiger partial charge in [-0.2, -0.15) is 0 Å². The summed E-state index contributed by atoms with van der Waals surface area (Å²) >= 11 is 6.11. The zero-order chi connectivity index (χ0) is 18.5. The van der Waals surface area contributed by atoms with Gasteiger partial charge in [0.15, 0.2) is 0 Å². The Morgan fingerprint density at radius 3 is 2.77 bits per heavy atom. The number of hydrogen-bond acceptors (Lipinski definition) is 3. The normalized spacial score (nSPS) is 17.7. The third-order valence-electron chi connectivity index (χ3n) is 4.62. The Kier molecular flexibility index (Phi) is 6.12. The molecule has 6 heteroatoms. The van der Waals surface area contributed by atoms with Gasteiger partial charge in [0.2, 0.25) is 5.91 Å². The first kappa shape index (κ1) is 18.7. The highest BCUT2D eigenvalue weighted by molar-refractivity contribution is 6.32. The minimum Gasteiger partial charge on any atom is -0.495 e. The highest BCUT2D eigenvalue weighted by Crippen LogP contribution is 2.28. The van der Waals surface area contributed by atoms with Crippen molar-refractivity contribution in [2.75, 3.05) is 25.5 Å². The molecule has 2 aromatic carbocycles. The number of hydrogen-bond donors (Lipinski definition) is 1. The number of amides is 1. The van der Waals surface area contributed by atoms with Gasteiger partial charge in [0.25, 0.3) is 0 Å². The smallest absolute Gasteiger partial charge is 0.228 e. The van der Waals surface area contributed by atoms with E-state index >= 15 is 0 Å². The quantitative estimate of drug-likeness (QED) is 0.844. The lowest BCUT2D eigenvalue weighted by Gasteiger charge is -2.32. The Balaban J connectivity index is 1.59. The summed E-state index contributed by atoms with van der Waals surface area (Å²) in [6, 6.07) is 11.7. The predicted molar refractivity (Wildman–Crippen MR) is 101 cm³/mol. The summed E-state index contributed by atoms with van der Waals surface area (Å²) in [5.41, 5.74) is 1.71. The Labute approximate surface area is 157 Å². The second kappa shape index (κ2) is 8.52. The molecule has 1 atom stereocenters. The second-order valence-corrected chi connectivity index (χ2v) is 6.95. The number of likely N-dealkylation sites (tertiary alicyclic amines) is 1. The van der Waals surface area contributed by atoms with Crippen LogP contribution in [0.4, 0.5) is 10.1 Å². The van der Waals surface area contributed by atoms with Crippen LogP contribution < -0.4 is 10.1 Å². The Morgan fingerprint density at radius 2 is 2.08 bits per heavy atom. The van der Waals surface area contributed by atoms with E-state index in [0.717, 1.165) is 31.5 Å². The first-order valence-corrected chi connectivity index (χ1v) is 9.04. The first-order chi connectivity index (χ1) is 12.5. The number of ether oxygens (including phenoxy) is 1. The van der Waals surface area contributed by atoms with Crippen molar-refractivity contribution in [3.63, 3.8) is 0 Å². The number of nitrogens with zero attached hydrogens (tertiary/aromatic N) is 1. The molecule has 0 bridgehead atoms. The molecule has 1 saturated heterocycles. The largest absolute Gasteiger partial charge is 0.495 e. The number of rotatable bonds is 5. The topological polar surface area (TPSA) is 41.6 Å². The molecule has 1 N–H and O–H groups in total. The van der Waals surface area contributed by atoms with Crippen molar-refractivity contribution >= 4 is 23.2 Å². The number of carbonyl (C=O) groups is 1. The molecule has 138 valence electrons. The van der Waals surface area contributed by atoms with Gasteiger partial charge in [-0.25, -0.2) is 4.39 Å². The molecule has 26 heavy (non-hydrogen) atoms. The number of nitrogens with one attached hydrogen (secondary N) is 1. The summed E-state index contributed by atoms with van der Waals surface area (Å²) in [5, 5.41) is 3.41. The van der Waals surface area contributed by atoms with E-state index in [1.807, 2.05) is 0 Å². The van der Waals surface area contributed by atoms with Crippen LogP contribution in [0.3, 0.4) is 0 Å². The van der Waals surface area contributed by atoms with Gasteiger partial charge >= 0.3 is 0 Å². The molecule has 1 aliphatic heterocycles. The second-order valence-electron chi connectivity index (χ2n) is 6.54. The Morgan fingerprint density at radius 1 is 1.31 bits per heavy atom.